The van der Waals surface area contributed by atoms with Crippen molar-refractivity contribution in [3.8, 4) is 34.5 Å². The van der Waals surface area contributed by atoms with Crippen molar-refractivity contribution in [2.24, 2.45) is 41.4 Å². The molecule has 0 amide bonds. The first-order valence-electron chi connectivity index (χ1n) is 39.4. The van der Waals surface area contributed by atoms with Crippen molar-refractivity contribution in [2.75, 3.05) is 41.1 Å². The van der Waals surface area contributed by atoms with Gasteiger partial charge in [-0.1, -0.05) is 130 Å². The summed E-state index contributed by atoms with van der Waals surface area (Å²) in [6.45, 7) is 30.3. The minimum atomic E-state index is -0.173. The average Bonchev–Trinajstić information content (AvgIpc) is 0.728. The normalized spacial score (nSPS) is 28.8. The Morgan fingerprint density at radius 1 is 0.434 bits per heavy atom. The highest BCUT2D eigenvalue weighted by atomic mass is 16.5. The summed E-state index contributed by atoms with van der Waals surface area (Å²) < 4.78 is 46.6. The molecular weight excluding hydrogens is 1220 g/mol. The lowest BCUT2D eigenvalue weighted by atomic mass is 9.48. The zero-order chi connectivity index (χ0) is 69.3. The van der Waals surface area contributed by atoms with Crippen LogP contribution in [-0.4, -0.2) is 108 Å². The smallest absolute Gasteiger partial charge is 0.287 e. The first-order valence-corrected chi connectivity index (χ1v) is 39.4. The fraction of sp³-hybridized carbons (Fsp3) is 0.618. The molecule has 8 atom stereocenters. The molecule has 5 aromatic carbocycles. The standard InChI is InChI=1S/C26H36NO2.C25H32NO2.C21H32NO.C17H24NO/c1-17-5-3-4-6-24(17)27-15-21-10-22(28-2)11-23(25(21)29-16-27)26-12-18-7-19(13-26)9-20(8-18)14-26;1-18-10-8-9-13-23(18)26-16-19-14-21(27-4)15-22(24(19)28-17-26)25(2,3)20-11-6-5-7-12-20;1-6-21(4,5)18-12-15(2)11-17-13-22(14-23-20(17)18)19-10-8-7-9-16(19)3;1-12-8-14(3)17-15(9-12)10-18(11-19-17)16-7-5-4-6-13(16)2/h10-11,15,17-20,24H,3-9,12-14,16H2,1-2H3;5-7,11-12,14-16,18,23H,8-10,13,17H2,1-4H3;11-13,16,19H,6-10,14H2,1-5H3;8-10,13,16H,4-7,11H2,1-3H3/q4*+1. The summed E-state index contributed by atoms with van der Waals surface area (Å²) >= 11 is 0. The summed E-state index contributed by atoms with van der Waals surface area (Å²) in [6, 6.07) is 30.9. The topological polar surface area (TPSA) is 67.4 Å². The van der Waals surface area contributed by atoms with Crippen molar-refractivity contribution in [3.63, 3.8) is 0 Å². The first kappa shape index (κ1) is 71.0. The average molecular weight is 1350 g/mol. The number of hydrogen-bond acceptors (Lipinski definition) is 6. The van der Waals surface area contributed by atoms with E-state index in [1.165, 1.54) is 203 Å². The zero-order valence-electron chi connectivity index (χ0n) is 63.5. The SMILES string of the molecule is CCC(C)(C)c1cc(C)cc2c1OC[N+](C1CCCCC1C)=C2.COc1cc2c(c(C(C)(C)c3ccccc3)c1)OC[N+](C1CCCCC1C)=C2.COc1cc2c(c(C34CC5CC(CC(C5)C3)C4)c1)OC[N+](C1CCCCC1C)=C2.Cc1cc(C)c2c(c1)C=[N+](C1CCCCC1C)CO2. The second-order valence-corrected chi connectivity index (χ2v) is 34.3. The van der Waals surface area contributed by atoms with Gasteiger partial charge in [0, 0.05) is 71.5 Å². The molecule has 12 aliphatic rings. The summed E-state index contributed by atoms with van der Waals surface area (Å²) in [5.41, 5.74) is 14.4. The molecular formula is C89H124N4O6+4. The van der Waals surface area contributed by atoms with E-state index in [0.717, 1.165) is 76.2 Å². The van der Waals surface area contributed by atoms with Crippen molar-refractivity contribution in [3.05, 3.63) is 140 Å². The molecule has 0 radical (unpaired) electrons. The molecule has 99 heavy (non-hydrogen) atoms. The summed E-state index contributed by atoms with van der Waals surface area (Å²) in [4.78, 5) is 0. The molecule has 8 aliphatic carbocycles. The Hall–Kier alpha value is -6.42. The summed E-state index contributed by atoms with van der Waals surface area (Å²) in [5, 5.41) is 0. The number of aryl methyl sites for hydroxylation is 3. The predicted molar refractivity (Wildman–Crippen MR) is 404 cm³/mol. The van der Waals surface area contributed by atoms with Crippen molar-refractivity contribution in [1.82, 2.24) is 0 Å². The van der Waals surface area contributed by atoms with E-state index in [1.54, 1.807) is 7.11 Å². The molecule has 5 aromatic rings. The van der Waals surface area contributed by atoms with Crippen molar-refractivity contribution in [1.29, 1.82) is 0 Å². The molecule has 4 aliphatic heterocycles. The van der Waals surface area contributed by atoms with Gasteiger partial charge < -0.3 is 28.4 Å². The largest absolute Gasteiger partial charge is 0.497 e. The predicted octanol–water partition coefficient (Wildman–Crippen LogP) is 19.6. The molecule has 4 heterocycles. The molecule has 8 saturated carbocycles. The van der Waals surface area contributed by atoms with Gasteiger partial charge in [-0.2, -0.15) is 18.3 Å². The molecule has 17 rings (SSSR count). The van der Waals surface area contributed by atoms with Gasteiger partial charge in [0.25, 0.3) is 26.9 Å². The Labute approximate surface area is 596 Å². The van der Waals surface area contributed by atoms with E-state index in [1.807, 2.05) is 7.11 Å². The van der Waals surface area contributed by atoms with Gasteiger partial charge in [0.05, 0.1) is 36.5 Å². The van der Waals surface area contributed by atoms with E-state index in [9.17, 15) is 0 Å². The van der Waals surface area contributed by atoms with Gasteiger partial charge in [0.2, 0.25) is 0 Å². The van der Waals surface area contributed by atoms with Crippen molar-refractivity contribution >= 4 is 24.9 Å². The van der Waals surface area contributed by atoms with Crippen LogP contribution in [0, 0.1) is 62.2 Å². The van der Waals surface area contributed by atoms with Crippen molar-refractivity contribution < 1.29 is 46.7 Å². The van der Waals surface area contributed by atoms with Gasteiger partial charge in [-0.15, -0.1) is 0 Å². The lowest BCUT2D eigenvalue weighted by Gasteiger charge is -2.57. The molecule has 0 aromatic heterocycles. The third-order valence-corrected chi connectivity index (χ3v) is 26.4. The van der Waals surface area contributed by atoms with Gasteiger partial charge in [0.15, 0.2) is 49.0 Å². The highest BCUT2D eigenvalue weighted by molar-refractivity contribution is 5.85. The third-order valence-electron chi connectivity index (χ3n) is 26.4. The minimum Gasteiger partial charge on any atom is -0.497 e. The van der Waals surface area contributed by atoms with Gasteiger partial charge >= 0.3 is 0 Å². The third kappa shape index (κ3) is 15.2. The van der Waals surface area contributed by atoms with E-state index in [0.29, 0.717) is 62.4 Å². The van der Waals surface area contributed by atoms with Crippen molar-refractivity contribution in [2.45, 2.75) is 271 Å². The van der Waals surface area contributed by atoms with Gasteiger partial charge in [-0.25, -0.2) is 0 Å². The van der Waals surface area contributed by atoms with E-state index in [-0.39, 0.29) is 10.8 Å². The van der Waals surface area contributed by atoms with E-state index < -0.39 is 0 Å². The van der Waals surface area contributed by atoms with Gasteiger partial charge in [0.1, 0.15) is 34.5 Å². The summed E-state index contributed by atoms with van der Waals surface area (Å²) in [6.07, 6.45) is 40.5. The van der Waals surface area contributed by atoms with Crippen LogP contribution in [0.1, 0.15) is 271 Å². The van der Waals surface area contributed by atoms with E-state index in [2.05, 4.69) is 205 Å². The maximum absolute atomic E-state index is 6.60. The molecule has 8 fully saturated rings. The fourth-order valence-corrected chi connectivity index (χ4v) is 20.7. The Kier molecular flexibility index (Phi) is 21.7. The molecule has 0 N–H and O–H groups in total. The van der Waals surface area contributed by atoms with Crippen LogP contribution >= 0.6 is 0 Å². The van der Waals surface area contributed by atoms with Gasteiger partial charge in [-0.3, -0.25) is 0 Å². The van der Waals surface area contributed by atoms with Crippen LogP contribution in [0.25, 0.3) is 0 Å². The van der Waals surface area contributed by atoms with Crippen LogP contribution in [0.2, 0.25) is 0 Å². The molecule has 0 saturated heterocycles. The maximum Gasteiger partial charge on any atom is 0.287 e. The van der Waals surface area contributed by atoms with Crippen LogP contribution in [-0.2, 0) is 16.2 Å². The Morgan fingerprint density at radius 2 is 0.808 bits per heavy atom. The Morgan fingerprint density at radius 3 is 1.24 bits per heavy atom. The molecule has 4 bridgehead atoms. The summed E-state index contributed by atoms with van der Waals surface area (Å²) in [7, 11) is 3.56. The number of hydrogen-bond donors (Lipinski definition) is 0. The zero-order valence-corrected chi connectivity index (χ0v) is 63.5. The lowest BCUT2D eigenvalue weighted by molar-refractivity contribution is -0.601. The quantitative estimate of drug-likeness (QED) is 0.123. The second-order valence-electron chi connectivity index (χ2n) is 34.3. The molecule has 0 spiro atoms. The van der Waals surface area contributed by atoms with Gasteiger partial charge in [-0.05, 0) is 204 Å². The molecule has 10 heteroatoms. The molecule has 8 unspecified atom stereocenters. The van der Waals surface area contributed by atoms with Crippen LogP contribution < -0.4 is 28.4 Å². The Bertz CT molecular complexity index is 3780. The highest BCUT2D eigenvalue weighted by Gasteiger charge is 2.54. The lowest BCUT2D eigenvalue weighted by Crippen LogP contribution is -2.49. The number of rotatable bonds is 11. The van der Waals surface area contributed by atoms with Crippen LogP contribution in [0.5, 0.6) is 34.5 Å². The minimum absolute atomic E-state index is 0.157. The van der Waals surface area contributed by atoms with E-state index in [4.69, 9.17) is 28.4 Å². The van der Waals surface area contributed by atoms with Crippen LogP contribution in [0.15, 0.2) is 78.9 Å². The van der Waals surface area contributed by atoms with E-state index >= 15 is 0 Å². The fourth-order valence-electron chi connectivity index (χ4n) is 20.7. The van der Waals surface area contributed by atoms with Crippen LogP contribution in [0.4, 0.5) is 0 Å². The molecule has 532 valence electrons. The van der Waals surface area contributed by atoms with Crippen LogP contribution in [0.3, 0.4) is 0 Å². The number of fused-ring (bicyclic) bond motifs is 4. The first-order chi connectivity index (χ1) is 47.7. The maximum atomic E-state index is 6.60. The second kappa shape index (κ2) is 30.3. The Balaban J connectivity index is 0.000000120. The monoisotopic (exact) mass is 1340 g/mol. The number of ether oxygens (including phenoxy) is 6. The number of nitrogens with zero attached hydrogens (tertiary/aromatic N) is 4. The summed E-state index contributed by atoms with van der Waals surface area (Å²) in [5.74, 6) is 12.1. The highest BCUT2D eigenvalue weighted by Crippen LogP contribution is 2.63. The number of benzene rings is 5. The number of methoxy groups -OCH3 is 2. The molecule has 10 nitrogen and oxygen atoms in total.